The van der Waals surface area contributed by atoms with Crippen LogP contribution in [0.15, 0.2) is 6.07 Å². The van der Waals surface area contributed by atoms with E-state index < -0.39 is 5.97 Å². The molecule has 0 saturated carbocycles. The van der Waals surface area contributed by atoms with Crippen molar-refractivity contribution in [2.45, 2.75) is 46.2 Å². The maximum Gasteiger partial charge on any atom is 0.345 e. The summed E-state index contributed by atoms with van der Waals surface area (Å²) in [6.07, 6.45) is 2.49. The predicted octanol–water partition coefficient (Wildman–Crippen LogP) is 3.38. The molecule has 2 atom stereocenters. The van der Waals surface area contributed by atoms with Gasteiger partial charge in [0, 0.05) is 17.5 Å². The minimum absolute atomic E-state index is 0.459. The van der Waals surface area contributed by atoms with Crippen molar-refractivity contribution in [1.29, 1.82) is 0 Å². The van der Waals surface area contributed by atoms with Gasteiger partial charge < -0.3 is 5.11 Å². The Bertz CT molecular complexity index is 441. The van der Waals surface area contributed by atoms with Gasteiger partial charge in [-0.2, -0.15) is 0 Å². The van der Waals surface area contributed by atoms with Gasteiger partial charge in [0.05, 0.1) is 0 Å². The summed E-state index contributed by atoms with van der Waals surface area (Å²) >= 11 is 1.39. The number of likely N-dealkylation sites (tertiary alicyclic amines) is 1. The number of carboxylic acids is 1. The summed E-state index contributed by atoms with van der Waals surface area (Å²) in [5.74, 6) is 0.00377. The standard InChI is InChI=1S/C14H21NO2S/c1-9-4-5-15(10(2)6-9)8-12-7-13(14(16)17)18-11(12)3/h7,9-10H,4-6,8H2,1-3H3,(H,16,17). The highest BCUT2D eigenvalue weighted by Crippen LogP contribution is 2.27. The van der Waals surface area contributed by atoms with Crippen LogP contribution in [0.3, 0.4) is 0 Å². The molecule has 100 valence electrons. The summed E-state index contributed by atoms with van der Waals surface area (Å²) in [4.78, 5) is 15.0. The molecule has 1 N–H and O–H groups in total. The summed E-state index contributed by atoms with van der Waals surface area (Å²) in [6, 6.07) is 2.44. The molecule has 1 aliphatic heterocycles. The highest BCUT2D eigenvalue weighted by molar-refractivity contribution is 7.14. The van der Waals surface area contributed by atoms with Crippen LogP contribution in [0.25, 0.3) is 0 Å². The first-order valence-corrected chi connectivity index (χ1v) is 7.35. The molecule has 1 fully saturated rings. The number of carbonyl (C=O) groups is 1. The SMILES string of the molecule is Cc1sc(C(=O)O)cc1CN1CCC(C)CC1C. The number of piperidine rings is 1. The number of nitrogens with zero attached hydrogens (tertiary/aromatic N) is 1. The summed E-state index contributed by atoms with van der Waals surface area (Å²) in [5.41, 5.74) is 1.18. The average molecular weight is 267 g/mol. The quantitative estimate of drug-likeness (QED) is 0.912. The number of hydrogen-bond donors (Lipinski definition) is 1. The van der Waals surface area contributed by atoms with Gasteiger partial charge in [0.2, 0.25) is 0 Å². The van der Waals surface area contributed by atoms with E-state index in [0.29, 0.717) is 10.9 Å². The number of hydrogen-bond acceptors (Lipinski definition) is 3. The molecule has 0 aromatic carbocycles. The highest BCUT2D eigenvalue weighted by Gasteiger charge is 2.24. The normalized spacial score (nSPS) is 25.3. The van der Waals surface area contributed by atoms with Crippen LogP contribution in [0.5, 0.6) is 0 Å². The average Bonchev–Trinajstić information content (AvgIpc) is 2.64. The molecular weight excluding hydrogens is 246 g/mol. The summed E-state index contributed by atoms with van der Waals surface area (Å²) in [7, 11) is 0. The van der Waals surface area contributed by atoms with Crippen molar-refractivity contribution in [3.05, 3.63) is 21.4 Å². The Balaban J connectivity index is 2.07. The minimum Gasteiger partial charge on any atom is -0.477 e. The Hall–Kier alpha value is -0.870. The van der Waals surface area contributed by atoms with E-state index in [9.17, 15) is 4.79 Å². The lowest BCUT2D eigenvalue weighted by Crippen LogP contribution is -2.39. The predicted molar refractivity (Wildman–Crippen MR) is 74.3 cm³/mol. The molecule has 3 nitrogen and oxygen atoms in total. The number of aryl methyl sites for hydroxylation is 1. The molecule has 18 heavy (non-hydrogen) atoms. The Labute approximate surface area is 112 Å². The van der Waals surface area contributed by atoms with E-state index in [2.05, 4.69) is 18.7 Å². The van der Waals surface area contributed by atoms with E-state index >= 15 is 0 Å². The number of aromatic carboxylic acids is 1. The van der Waals surface area contributed by atoms with Crippen LogP contribution in [0.1, 0.15) is 46.8 Å². The molecule has 1 aromatic rings. The molecule has 2 rings (SSSR count). The van der Waals surface area contributed by atoms with Gasteiger partial charge in [-0.25, -0.2) is 4.79 Å². The van der Waals surface area contributed by atoms with Crippen LogP contribution in [-0.2, 0) is 6.54 Å². The molecule has 0 amide bonds. The Kier molecular flexibility index (Phi) is 4.07. The maximum absolute atomic E-state index is 11.0. The molecule has 2 unspecified atom stereocenters. The van der Waals surface area contributed by atoms with Crippen molar-refractivity contribution >= 4 is 17.3 Å². The number of carboxylic acid groups (broad SMARTS) is 1. The summed E-state index contributed by atoms with van der Waals surface area (Å²) in [6.45, 7) is 8.62. The number of rotatable bonds is 3. The van der Waals surface area contributed by atoms with Crippen molar-refractivity contribution in [2.75, 3.05) is 6.54 Å². The van der Waals surface area contributed by atoms with E-state index in [4.69, 9.17) is 5.11 Å². The van der Waals surface area contributed by atoms with E-state index in [0.717, 1.165) is 23.9 Å². The monoisotopic (exact) mass is 267 g/mol. The van der Waals surface area contributed by atoms with Gasteiger partial charge in [0.25, 0.3) is 0 Å². The second kappa shape index (κ2) is 5.41. The van der Waals surface area contributed by atoms with Crippen LogP contribution in [-0.4, -0.2) is 28.6 Å². The smallest absolute Gasteiger partial charge is 0.345 e. The van der Waals surface area contributed by atoms with E-state index in [1.807, 2.05) is 13.0 Å². The Morgan fingerprint density at radius 1 is 1.56 bits per heavy atom. The van der Waals surface area contributed by atoms with Crippen LogP contribution >= 0.6 is 11.3 Å². The lowest BCUT2D eigenvalue weighted by molar-refractivity contribution is 0.0702. The first-order valence-electron chi connectivity index (χ1n) is 6.54. The van der Waals surface area contributed by atoms with Gasteiger partial charge in [-0.3, -0.25) is 4.90 Å². The molecule has 4 heteroatoms. The fourth-order valence-electron chi connectivity index (χ4n) is 2.69. The molecule has 0 aliphatic carbocycles. The minimum atomic E-state index is -0.810. The van der Waals surface area contributed by atoms with Gasteiger partial charge in [0.1, 0.15) is 4.88 Å². The zero-order valence-corrected chi connectivity index (χ0v) is 12.1. The van der Waals surface area contributed by atoms with Crippen molar-refractivity contribution < 1.29 is 9.90 Å². The van der Waals surface area contributed by atoms with Crippen molar-refractivity contribution in [3.8, 4) is 0 Å². The van der Waals surface area contributed by atoms with Crippen LogP contribution in [0, 0.1) is 12.8 Å². The molecule has 2 heterocycles. The summed E-state index contributed by atoms with van der Waals surface area (Å²) in [5, 5.41) is 9.01. The fraction of sp³-hybridized carbons (Fsp3) is 0.643. The third kappa shape index (κ3) is 2.93. The van der Waals surface area contributed by atoms with Crippen LogP contribution in [0.4, 0.5) is 0 Å². The topological polar surface area (TPSA) is 40.5 Å². The van der Waals surface area contributed by atoms with E-state index in [-0.39, 0.29) is 0 Å². The van der Waals surface area contributed by atoms with E-state index in [1.165, 1.54) is 29.7 Å². The molecule has 0 spiro atoms. The zero-order chi connectivity index (χ0) is 13.3. The van der Waals surface area contributed by atoms with Gasteiger partial charge in [-0.15, -0.1) is 11.3 Å². The van der Waals surface area contributed by atoms with Crippen LogP contribution < -0.4 is 0 Å². The van der Waals surface area contributed by atoms with Crippen molar-refractivity contribution in [1.82, 2.24) is 4.90 Å². The van der Waals surface area contributed by atoms with E-state index in [1.54, 1.807) is 0 Å². The molecule has 0 bridgehead atoms. The second-order valence-electron chi connectivity index (χ2n) is 5.45. The Morgan fingerprint density at radius 3 is 2.83 bits per heavy atom. The largest absolute Gasteiger partial charge is 0.477 e. The number of thiophene rings is 1. The highest BCUT2D eigenvalue weighted by atomic mass is 32.1. The molecule has 0 radical (unpaired) electrons. The maximum atomic E-state index is 11.0. The third-order valence-electron chi connectivity index (χ3n) is 3.88. The zero-order valence-electron chi connectivity index (χ0n) is 11.3. The van der Waals surface area contributed by atoms with Gasteiger partial charge in [-0.1, -0.05) is 6.92 Å². The molecule has 1 aliphatic rings. The second-order valence-corrected chi connectivity index (χ2v) is 6.70. The lowest BCUT2D eigenvalue weighted by Gasteiger charge is -2.36. The van der Waals surface area contributed by atoms with Gasteiger partial charge in [0.15, 0.2) is 0 Å². The first kappa shape index (κ1) is 13.6. The molecule has 1 aromatic heterocycles. The van der Waals surface area contributed by atoms with Crippen molar-refractivity contribution in [2.24, 2.45) is 5.92 Å². The Morgan fingerprint density at radius 2 is 2.28 bits per heavy atom. The lowest BCUT2D eigenvalue weighted by atomic mass is 9.93. The fourth-order valence-corrected chi connectivity index (χ4v) is 3.56. The third-order valence-corrected chi connectivity index (χ3v) is 4.96. The van der Waals surface area contributed by atoms with Crippen LogP contribution in [0.2, 0.25) is 0 Å². The van der Waals surface area contributed by atoms with Crippen molar-refractivity contribution in [3.63, 3.8) is 0 Å². The summed E-state index contributed by atoms with van der Waals surface area (Å²) < 4.78 is 0. The molecule has 1 saturated heterocycles. The first-order chi connectivity index (χ1) is 8.47. The van der Waals surface area contributed by atoms with Gasteiger partial charge >= 0.3 is 5.97 Å². The van der Waals surface area contributed by atoms with Gasteiger partial charge in [-0.05, 0) is 50.8 Å². The molecular formula is C14H21NO2S.